The van der Waals surface area contributed by atoms with Gasteiger partial charge in [0.05, 0.1) is 7.89 Å². The van der Waals surface area contributed by atoms with Gasteiger partial charge in [0, 0.05) is 31.4 Å². The van der Waals surface area contributed by atoms with Crippen molar-refractivity contribution in [2.45, 2.75) is 39.1 Å². The van der Waals surface area contributed by atoms with Gasteiger partial charge in [0.15, 0.2) is 5.78 Å². The van der Waals surface area contributed by atoms with Crippen molar-refractivity contribution in [3.63, 3.8) is 0 Å². The van der Waals surface area contributed by atoms with E-state index in [2.05, 4.69) is 29.2 Å². The average molecular weight is 494 g/mol. The van der Waals surface area contributed by atoms with Crippen molar-refractivity contribution in [2.24, 2.45) is 17.8 Å². The molecule has 4 heteroatoms. The number of ketones is 1. The van der Waals surface area contributed by atoms with Crippen LogP contribution in [0.2, 0.25) is 0 Å². The van der Waals surface area contributed by atoms with Gasteiger partial charge >= 0.3 is 0 Å². The molecule has 4 nitrogen and oxygen atoms in total. The standard InChI is InChI=1S/C33H36N2O2/c1-23(36)7-8-24-5-4-6-31(20-24)35(33(37)32-21-26-11-14-29(32)19-26)22-25-9-12-27(13-10-25)28-15-17-30(18-16-28)34(2)3/h4-10,12-13,15-18,20,26,29,32H,11,14,19,21-22H2,1-3H3/b8-7+/t26-,29+,32-/m1/s1/i22D/t22?,26-,29+,32-. The van der Waals surface area contributed by atoms with Crippen LogP contribution in [0.15, 0.2) is 78.9 Å². The van der Waals surface area contributed by atoms with E-state index in [1.165, 1.54) is 19.4 Å². The quantitative estimate of drug-likeness (QED) is 0.318. The second kappa shape index (κ2) is 10.8. The zero-order valence-corrected chi connectivity index (χ0v) is 21.9. The molecule has 1 amide bonds. The minimum Gasteiger partial charge on any atom is -0.378 e. The zero-order valence-electron chi connectivity index (χ0n) is 22.9. The molecule has 5 rings (SSSR count). The van der Waals surface area contributed by atoms with Crippen molar-refractivity contribution in [1.82, 2.24) is 0 Å². The fourth-order valence-corrected chi connectivity index (χ4v) is 5.85. The highest BCUT2D eigenvalue weighted by atomic mass is 16.2. The van der Waals surface area contributed by atoms with E-state index in [0.717, 1.165) is 47.2 Å². The third-order valence-electron chi connectivity index (χ3n) is 7.86. The van der Waals surface area contributed by atoms with Crippen molar-refractivity contribution < 1.29 is 11.0 Å². The fourth-order valence-electron chi connectivity index (χ4n) is 5.85. The molecule has 0 spiro atoms. The number of amides is 1. The molecule has 0 aliphatic heterocycles. The summed E-state index contributed by atoms with van der Waals surface area (Å²) in [6.07, 6.45) is 7.69. The lowest BCUT2D eigenvalue weighted by molar-refractivity contribution is -0.124. The number of carbonyl (C=O) groups excluding carboxylic acids is 2. The predicted molar refractivity (Wildman–Crippen MR) is 152 cm³/mol. The Morgan fingerprint density at radius 2 is 1.62 bits per heavy atom. The molecule has 0 heterocycles. The lowest BCUT2D eigenvalue weighted by atomic mass is 9.87. The van der Waals surface area contributed by atoms with Crippen molar-refractivity contribution in [2.75, 3.05) is 23.9 Å². The summed E-state index contributed by atoms with van der Waals surface area (Å²) in [5.74, 6) is 1.07. The molecule has 0 N–H and O–H groups in total. The molecule has 3 aromatic rings. The van der Waals surface area contributed by atoms with E-state index in [4.69, 9.17) is 0 Å². The SMILES string of the molecule is [2H]C(c1ccc(-c2ccc(N(C)C)cc2)cc1)N(C(=O)[C@@H]1C[C@@H]2CC[C@H]1C2)c1cccc(/C=C/C(C)=O)c1. The van der Waals surface area contributed by atoms with Gasteiger partial charge in [-0.3, -0.25) is 9.59 Å². The number of nitrogens with zero attached hydrogens (tertiary/aromatic N) is 2. The van der Waals surface area contributed by atoms with Crippen molar-refractivity contribution in [3.8, 4) is 11.1 Å². The summed E-state index contributed by atoms with van der Waals surface area (Å²) < 4.78 is 9.25. The van der Waals surface area contributed by atoms with Gasteiger partial charge < -0.3 is 9.80 Å². The molecule has 0 radical (unpaired) electrons. The molecule has 2 aliphatic carbocycles. The Kier molecular flexibility index (Phi) is 6.90. The Bertz CT molecular complexity index is 1330. The van der Waals surface area contributed by atoms with Crippen molar-refractivity contribution in [3.05, 3.63) is 90.0 Å². The molecule has 2 saturated carbocycles. The first-order valence-corrected chi connectivity index (χ1v) is 13.2. The molecule has 2 bridgehead atoms. The Hall–Kier alpha value is -3.66. The maximum Gasteiger partial charge on any atom is 0.230 e. The third kappa shape index (κ3) is 5.69. The molecule has 3 aromatic carbocycles. The van der Waals surface area contributed by atoms with Crippen LogP contribution in [0.25, 0.3) is 17.2 Å². The van der Waals surface area contributed by atoms with Gasteiger partial charge in [-0.15, -0.1) is 0 Å². The molecule has 0 aromatic heterocycles. The summed E-state index contributed by atoms with van der Waals surface area (Å²) in [5, 5.41) is 0. The Morgan fingerprint density at radius 3 is 2.22 bits per heavy atom. The van der Waals surface area contributed by atoms with E-state index in [0.29, 0.717) is 17.5 Å². The van der Waals surface area contributed by atoms with Crippen LogP contribution in [-0.2, 0) is 16.1 Å². The van der Waals surface area contributed by atoms with Crippen LogP contribution in [0.5, 0.6) is 0 Å². The van der Waals surface area contributed by atoms with E-state index in [1.807, 2.05) is 62.6 Å². The van der Waals surface area contributed by atoms with Gasteiger partial charge in [0.1, 0.15) is 0 Å². The summed E-state index contributed by atoms with van der Waals surface area (Å²) in [5.41, 5.74) is 5.66. The minimum absolute atomic E-state index is 0.0208. The summed E-state index contributed by atoms with van der Waals surface area (Å²) >= 11 is 0. The molecular formula is C33H36N2O2. The highest BCUT2D eigenvalue weighted by Crippen LogP contribution is 2.49. The molecule has 2 fully saturated rings. The first-order valence-electron chi connectivity index (χ1n) is 13.8. The average Bonchev–Trinajstić information content (AvgIpc) is 3.57. The number of benzene rings is 3. The number of allylic oxidation sites excluding steroid dienone is 1. The van der Waals surface area contributed by atoms with Gasteiger partial charge in [0.2, 0.25) is 5.91 Å². The van der Waals surface area contributed by atoms with Gasteiger partial charge in [0.25, 0.3) is 0 Å². The highest BCUT2D eigenvalue weighted by Gasteiger charge is 2.44. The maximum absolute atomic E-state index is 14.0. The van der Waals surface area contributed by atoms with E-state index in [1.54, 1.807) is 11.0 Å². The van der Waals surface area contributed by atoms with Crippen LogP contribution in [0, 0.1) is 17.8 Å². The monoisotopic (exact) mass is 493 g/mol. The topological polar surface area (TPSA) is 40.6 Å². The van der Waals surface area contributed by atoms with Gasteiger partial charge in [-0.05, 0) is 90.6 Å². The summed E-state index contributed by atoms with van der Waals surface area (Å²) in [6.45, 7) is 0.657. The molecule has 0 saturated heterocycles. The van der Waals surface area contributed by atoms with Crippen LogP contribution in [0.4, 0.5) is 11.4 Å². The molecule has 1 unspecified atom stereocenters. The number of rotatable bonds is 8. The first kappa shape index (κ1) is 23.7. The van der Waals surface area contributed by atoms with Crippen LogP contribution in [0.3, 0.4) is 0 Å². The maximum atomic E-state index is 14.0. The molecule has 4 atom stereocenters. The lowest BCUT2D eigenvalue weighted by Crippen LogP contribution is -2.38. The van der Waals surface area contributed by atoms with Crippen LogP contribution >= 0.6 is 0 Å². The largest absolute Gasteiger partial charge is 0.378 e. The number of hydrogen-bond acceptors (Lipinski definition) is 3. The smallest absolute Gasteiger partial charge is 0.230 e. The summed E-state index contributed by atoms with van der Waals surface area (Å²) in [4.78, 5) is 29.3. The lowest BCUT2D eigenvalue weighted by Gasteiger charge is -2.30. The minimum atomic E-state index is -0.862. The highest BCUT2D eigenvalue weighted by molar-refractivity contribution is 5.96. The number of hydrogen-bond donors (Lipinski definition) is 0. The third-order valence-corrected chi connectivity index (χ3v) is 7.86. The number of anilines is 2. The van der Waals surface area contributed by atoms with E-state index in [9.17, 15) is 11.0 Å². The molecule has 37 heavy (non-hydrogen) atoms. The molecule has 190 valence electrons. The van der Waals surface area contributed by atoms with Crippen molar-refractivity contribution in [1.29, 1.82) is 0 Å². The van der Waals surface area contributed by atoms with E-state index >= 15 is 0 Å². The molecular weight excluding hydrogens is 456 g/mol. The normalized spacial score (nSPS) is 21.6. The zero-order chi connectivity index (χ0) is 26.8. The van der Waals surface area contributed by atoms with Crippen LogP contribution in [-0.4, -0.2) is 25.8 Å². The second-order valence-corrected chi connectivity index (χ2v) is 10.7. The number of fused-ring (bicyclic) bond motifs is 2. The number of carbonyl (C=O) groups is 2. The van der Waals surface area contributed by atoms with E-state index < -0.39 is 6.52 Å². The van der Waals surface area contributed by atoms with Gasteiger partial charge in [-0.2, -0.15) is 0 Å². The Labute approximate surface area is 222 Å². The summed E-state index contributed by atoms with van der Waals surface area (Å²) in [6, 6.07) is 24.0. The van der Waals surface area contributed by atoms with Crippen LogP contribution < -0.4 is 9.80 Å². The summed E-state index contributed by atoms with van der Waals surface area (Å²) in [7, 11) is 4.05. The van der Waals surface area contributed by atoms with Gasteiger partial charge in [-0.25, -0.2) is 0 Å². The second-order valence-electron chi connectivity index (χ2n) is 10.7. The Balaban J connectivity index is 1.45. The molecule has 2 aliphatic rings. The van der Waals surface area contributed by atoms with Crippen molar-refractivity contribution >= 4 is 29.1 Å². The Morgan fingerprint density at radius 1 is 0.919 bits per heavy atom. The van der Waals surface area contributed by atoms with Gasteiger partial charge in [-0.1, -0.05) is 61.0 Å². The van der Waals surface area contributed by atoms with E-state index in [-0.39, 0.29) is 17.6 Å². The van der Waals surface area contributed by atoms with Crippen LogP contribution in [0.1, 0.15) is 45.1 Å². The first-order chi connectivity index (χ1) is 18.3. The fraction of sp³-hybridized carbons (Fsp3) is 0.333. The predicted octanol–water partition coefficient (Wildman–Crippen LogP) is 6.99.